The smallest absolute Gasteiger partial charge is 0.160 e. The lowest BCUT2D eigenvalue weighted by molar-refractivity contribution is 0.509. The molecule has 0 fully saturated rings. The van der Waals surface area contributed by atoms with E-state index in [1.165, 1.54) is 12.4 Å². The molecule has 0 atom stereocenters. The first kappa shape index (κ1) is 18.6. The third-order valence-corrected chi connectivity index (χ3v) is 4.13. The summed E-state index contributed by atoms with van der Waals surface area (Å²) in [5.74, 6) is -0.747. The largest absolute Gasteiger partial charge is 0.372 e. The molecule has 0 aliphatic carbocycles. The van der Waals surface area contributed by atoms with Gasteiger partial charge in [-0.05, 0) is 50.2 Å². The minimum absolute atomic E-state index is 0.405. The van der Waals surface area contributed by atoms with Crippen molar-refractivity contribution in [2.24, 2.45) is 0 Å². The maximum Gasteiger partial charge on any atom is 0.160 e. The molecule has 27 heavy (non-hydrogen) atoms. The second-order valence-electron chi connectivity index (χ2n) is 5.89. The van der Waals surface area contributed by atoms with Gasteiger partial charge in [-0.3, -0.25) is 0 Å². The quantitative estimate of drug-likeness (QED) is 0.608. The van der Waals surface area contributed by atoms with Crippen LogP contribution in [-0.2, 0) is 0 Å². The Morgan fingerprint density at radius 1 is 0.778 bits per heavy atom. The van der Waals surface area contributed by atoms with E-state index in [1.54, 1.807) is 6.07 Å². The number of anilines is 5. The molecule has 5 nitrogen and oxygen atoms in total. The van der Waals surface area contributed by atoms with Crippen LogP contribution in [0.2, 0.25) is 0 Å². The molecule has 0 saturated carbocycles. The summed E-state index contributed by atoms with van der Waals surface area (Å²) in [6, 6.07) is 13.4. The van der Waals surface area contributed by atoms with E-state index in [0.717, 1.165) is 36.6 Å². The van der Waals surface area contributed by atoms with Crippen LogP contribution in [-0.4, -0.2) is 23.1 Å². The molecule has 2 N–H and O–H groups in total. The predicted molar refractivity (Wildman–Crippen MR) is 105 cm³/mol. The van der Waals surface area contributed by atoms with E-state index in [-0.39, 0.29) is 0 Å². The standard InChI is InChI=1S/C20H21F2N5/c1-3-27(4-2)16-8-5-14(6-9-16)25-19-12-20(24-13-23-19)26-15-7-10-17(21)18(22)11-15/h5-13H,3-4H2,1-2H3,(H2,23,24,25,26). The average Bonchev–Trinajstić information content (AvgIpc) is 2.67. The number of hydrogen-bond donors (Lipinski definition) is 2. The van der Waals surface area contributed by atoms with Crippen molar-refractivity contribution in [1.82, 2.24) is 9.97 Å². The van der Waals surface area contributed by atoms with Crippen molar-refractivity contribution in [3.8, 4) is 0 Å². The Labute approximate surface area is 157 Å². The first-order valence-electron chi connectivity index (χ1n) is 8.75. The molecule has 3 rings (SSSR count). The molecule has 0 aliphatic heterocycles. The summed E-state index contributed by atoms with van der Waals surface area (Å²) in [6.07, 6.45) is 1.40. The lowest BCUT2D eigenvalue weighted by Gasteiger charge is -2.21. The van der Waals surface area contributed by atoms with E-state index in [2.05, 4.69) is 51.5 Å². The number of nitrogens with zero attached hydrogens (tertiary/aromatic N) is 3. The minimum atomic E-state index is -0.916. The first-order chi connectivity index (χ1) is 13.1. The molecule has 3 aromatic rings. The van der Waals surface area contributed by atoms with Crippen LogP contribution in [0.15, 0.2) is 54.9 Å². The van der Waals surface area contributed by atoms with Gasteiger partial charge in [0.25, 0.3) is 0 Å². The second kappa shape index (κ2) is 8.44. The zero-order chi connectivity index (χ0) is 19.2. The highest BCUT2D eigenvalue weighted by Crippen LogP contribution is 2.22. The number of rotatable bonds is 7. The van der Waals surface area contributed by atoms with Gasteiger partial charge in [0.15, 0.2) is 11.6 Å². The van der Waals surface area contributed by atoms with Crippen molar-refractivity contribution in [1.29, 1.82) is 0 Å². The Morgan fingerprint density at radius 3 is 1.96 bits per heavy atom. The Balaban J connectivity index is 1.71. The zero-order valence-electron chi connectivity index (χ0n) is 15.2. The molecule has 7 heteroatoms. The van der Waals surface area contributed by atoms with Crippen LogP contribution in [0.5, 0.6) is 0 Å². The van der Waals surface area contributed by atoms with Crippen molar-refractivity contribution in [3.05, 3.63) is 66.5 Å². The maximum atomic E-state index is 13.3. The third-order valence-electron chi connectivity index (χ3n) is 4.13. The van der Waals surface area contributed by atoms with Gasteiger partial charge in [0.05, 0.1) is 0 Å². The Morgan fingerprint density at radius 2 is 1.37 bits per heavy atom. The molecule has 0 spiro atoms. The van der Waals surface area contributed by atoms with Crippen LogP contribution in [0.3, 0.4) is 0 Å². The summed E-state index contributed by atoms with van der Waals surface area (Å²) < 4.78 is 26.4. The normalized spacial score (nSPS) is 10.5. The molecule has 0 bridgehead atoms. The Bertz CT molecular complexity index is 895. The molecular formula is C20H21F2N5. The lowest BCUT2D eigenvalue weighted by atomic mass is 10.2. The van der Waals surface area contributed by atoms with Crippen LogP contribution in [0.25, 0.3) is 0 Å². The van der Waals surface area contributed by atoms with Crippen molar-refractivity contribution < 1.29 is 8.78 Å². The van der Waals surface area contributed by atoms with Gasteiger partial charge >= 0.3 is 0 Å². The highest BCUT2D eigenvalue weighted by atomic mass is 19.2. The fourth-order valence-corrected chi connectivity index (χ4v) is 2.71. The third kappa shape index (κ3) is 4.69. The maximum absolute atomic E-state index is 13.3. The van der Waals surface area contributed by atoms with Gasteiger partial charge in [-0.25, -0.2) is 18.7 Å². The summed E-state index contributed by atoms with van der Waals surface area (Å²) >= 11 is 0. The van der Waals surface area contributed by atoms with Crippen LogP contribution >= 0.6 is 0 Å². The summed E-state index contributed by atoms with van der Waals surface area (Å²) in [4.78, 5) is 10.6. The highest BCUT2D eigenvalue weighted by Gasteiger charge is 2.05. The monoisotopic (exact) mass is 369 g/mol. The minimum Gasteiger partial charge on any atom is -0.372 e. The number of nitrogens with one attached hydrogen (secondary N) is 2. The van der Waals surface area contributed by atoms with Gasteiger partial charge in [-0.2, -0.15) is 0 Å². The van der Waals surface area contributed by atoms with Crippen LogP contribution < -0.4 is 15.5 Å². The van der Waals surface area contributed by atoms with Crippen molar-refractivity contribution >= 4 is 28.7 Å². The summed E-state index contributed by atoms with van der Waals surface area (Å²) in [5, 5.41) is 6.14. The molecule has 1 heterocycles. The molecule has 0 aliphatic rings. The van der Waals surface area contributed by atoms with E-state index < -0.39 is 11.6 Å². The van der Waals surface area contributed by atoms with Gasteiger partial charge in [0.2, 0.25) is 0 Å². The number of hydrogen-bond acceptors (Lipinski definition) is 5. The molecule has 0 saturated heterocycles. The fraction of sp³-hybridized carbons (Fsp3) is 0.200. The van der Waals surface area contributed by atoms with E-state index in [4.69, 9.17) is 0 Å². The van der Waals surface area contributed by atoms with Gasteiger partial charge in [0.1, 0.15) is 18.0 Å². The van der Waals surface area contributed by atoms with Crippen LogP contribution in [0, 0.1) is 11.6 Å². The van der Waals surface area contributed by atoms with Crippen LogP contribution in [0.1, 0.15) is 13.8 Å². The highest BCUT2D eigenvalue weighted by molar-refractivity contribution is 5.64. The zero-order valence-corrected chi connectivity index (χ0v) is 15.2. The van der Waals surface area contributed by atoms with Crippen LogP contribution in [0.4, 0.5) is 37.5 Å². The van der Waals surface area contributed by atoms with E-state index in [1.807, 2.05) is 12.1 Å². The Kier molecular flexibility index (Phi) is 5.80. The van der Waals surface area contributed by atoms with Gasteiger partial charge in [0, 0.05) is 42.3 Å². The van der Waals surface area contributed by atoms with Crippen molar-refractivity contribution in [3.63, 3.8) is 0 Å². The van der Waals surface area contributed by atoms with E-state index in [0.29, 0.717) is 17.3 Å². The summed E-state index contributed by atoms with van der Waals surface area (Å²) in [6.45, 7) is 6.15. The summed E-state index contributed by atoms with van der Waals surface area (Å²) in [5.41, 5.74) is 2.46. The van der Waals surface area contributed by atoms with Crippen molar-refractivity contribution in [2.45, 2.75) is 13.8 Å². The van der Waals surface area contributed by atoms with E-state index >= 15 is 0 Å². The topological polar surface area (TPSA) is 53.1 Å². The lowest BCUT2D eigenvalue weighted by Crippen LogP contribution is -2.21. The van der Waals surface area contributed by atoms with Gasteiger partial charge < -0.3 is 15.5 Å². The molecular weight excluding hydrogens is 348 g/mol. The molecule has 0 radical (unpaired) electrons. The number of benzene rings is 2. The second-order valence-corrected chi connectivity index (χ2v) is 5.89. The summed E-state index contributed by atoms with van der Waals surface area (Å²) in [7, 11) is 0. The van der Waals surface area contributed by atoms with Gasteiger partial charge in [-0.1, -0.05) is 0 Å². The molecule has 1 aromatic heterocycles. The van der Waals surface area contributed by atoms with E-state index in [9.17, 15) is 8.78 Å². The molecule has 0 unspecified atom stereocenters. The SMILES string of the molecule is CCN(CC)c1ccc(Nc2cc(Nc3ccc(F)c(F)c3)ncn2)cc1. The van der Waals surface area contributed by atoms with Gasteiger partial charge in [-0.15, -0.1) is 0 Å². The number of aromatic nitrogens is 2. The number of halogens is 2. The average molecular weight is 369 g/mol. The van der Waals surface area contributed by atoms with Crippen molar-refractivity contribution in [2.75, 3.05) is 28.6 Å². The molecule has 2 aromatic carbocycles. The Hall–Kier alpha value is -3.22. The first-order valence-corrected chi connectivity index (χ1v) is 8.75. The predicted octanol–water partition coefficient (Wildman–Crippen LogP) is 5.09. The fourth-order valence-electron chi connectivity index (χ4n) is 2.71. The molecule has 140 valence electrons. The molecule has 0 amide bonds.